The fraction of sp³-hybridized carbons (Fsp3) is 0.625. The average Bonchev–Trinajstić information content (AvgIpc) is 2.29. The molecule has 94 valence electrons. The molecule has 1 fully saturated rings. The number of benzene rings is 1. The highest BCUT2D eigenvalue weighted by atomic mass is 19.1. The van der Waals surface area contributed by atoms with Crippen LogP contribution in [0.4, 0.5) is 4.39 Å². The van der Waals surface area contributed by atoms with Gasteiger partial charge in [-0.1, -0.05) is 45.4 Å². The molecule has 0 radical (unpaired) electrons. The number of hydrogen-bond acceptors (Lipinski definition) is 0. The zero-order valence-electron chi connectivity index (χ0n) is 11.2. The first kappa shape index (κ1) is 12.6. The lowest BCUT2D eigenvalue weighted by molar-refractivity contribution is 0.126. The van der Waals surface area contributed by atoms with Gasteiger partial charge < -0.3 is 0 Å². The van der Waals surface area contributed by atoms with Crippen LogP contribution in [0.5, 0.6) is 0 Å². The van der Waals surface area contributed by atoms with E-state index in [4.69, 9.17) is 0 Å². The summed E-state index contributed by atoms with van der Waals surface area (Å²) in [6, 6.07) is 7.30. The van der Waals surface area contributed by atoms with Gasteiger partial charge in [0, 0.05) is 0 Å². The molecular weight excluding hydrogens is 211 g/mol. The van der Waals surface area contributed by atoms with Crippen molar-refractivity contribution < 1.29 is 4.39 Å². The van der Waals surface area contributed by atoms with Gasteiger partial charge in [0.25, 0.3) is 0 Å². The maximum absolute atomic E-state index is 13.8. The molecule has 1 aromatic carbocycles. The smallest absolute Gasteiger partial charge is 0.126 e. The molecule has 1 aromatic rings. The van der Waals surface area contributed by atoms with Crippen molar-refractivity contribution in [3.63, 3.8) is 0 Å². The van der Waals surface area contributed by atoms with Crippen molar-refractivity contribution in [3.05, 3.63) is 35.6 Å². The van der Waals surface area contributed by atoms with Crippen LogP contribution in [0, 0.1) is 17.2 Å². The molecule has 0 unspecified atom stereocenters. The van der Waals surface area contributed by atoms with E-state index in [-0.39, 0.29) is 5.82 Å². The van der Waals surface area contributed by atoms with Crippen molar-refractivity contribution in [2.24, 2.45) is 11.3 Å². The molecule has 2 atom stereocenters. The molecule has 0 nitrogen and oxygen atoms in total. The molecular formula is C16H23F. The maximum Gasteiger partial charge on any atom is 0.126 e. The Labute approximate surface area is 104 Å². The first-order valence-corrected chi connectivity index (χ1v) is 6.77. The third-order valence-corrected chi connectivity index (χ3v) is 4.75. The highest BCUT2D eigenvalue weighted by Crippen LogP contribution is 2.48. The van der Waals surface area contributed by atoms with Gasteiger partial charge in [0.15, 0.2) is 0 Å². The number of hydrogen-bond donors (Lipinski definition) is 0. The third-order valence-electron chi connectivity index (χ3n) is 4.75. The summed E-state index contributed by atoms with van der Waals surface area (Å²) in [5.41, 5.74) is 1.31. The second kappa shape index (κ2) is 4.80. The Kier molecular flexibility index (Phi) is 3.56. The summed E-state index contributed by atoms with van der Waals surface area (Å²) in [6.45, 7) is 6.96. The fourth-order valence-corrected chi connectivity index (χ4v) is 3.12. The van der Waals surface area contributed by atoms with Gasteiger partial charge in [-0.15, -0.1) is 0 Å². The topological polar surface area (TPSA) is 0 Å². The number of halogens is 1. The Morgan fingerprint density at radius 2 is 2.00 bits per heavy atom. The van der Waals surface area contributed by atoms with E-state index >= 15 is 0 Å². The molecule has 1 aliphatic carbocycles. The highest BCUT2D eigenvalue weighted by molar-refractivity contribution is 5.22. The van der Waals surface area contributed by atoms with Gasteiger partial charge in [-0.3, -0.25) is 0 Å². The van der Waals surface area contributed by atoms with E-state index < -0.39 is 0 Å². The second-order valence-corrected chi connectivity index (χ2v) is 6.12. The predicted octanol–water partition coefficient (Wildman–Crippen LogP) is 5.15. The Bertz CT molecular complexity index is 383. The first-order chi connectivity index (χ1) is 8.03. The van der Waals surface area contributed by atoms with E-state index in [1.807, 2.05) is 12.1 Å². The summed E-state index contributed by atoms with van der Waals surface area (Å²) in [6.07, 6.45) is 4.79. The summed E-state index contributed by atoms with van der Waals surface area (Å²) in [7, 11) is 0. The minimum atomic E-state index is -0.0227. The van der Waals surface area contributed by atoms with E-state index in [9.17, 15) is 4.39 Å². The molecule has 0 spiro atoms. The van der Waals surface area contributed by atoms with Gasteiger partial charge >= 0.3 is 0 Å². The molecule has 0 saturated heterocycles. The van der Waals surface area contributed by atoms with Crippen LogP contribution in [0.2, 0.25) is 0 Å². The van der Waals surface area contributed by atoms with Crippen LogP contribution in [0.1, 0.15) is 57.9 Å². The van der Waals surface area contributed by atoms with Crippen LogP contribution >= 0.6 is 0 Å². The largest absolute Gasteiger partial charge is 0.207 e. The van der Waals surface area contributed by atoms with Crippen molar-refractivity contribution in [3.8, 4) is 0 Å². The Morgan fingerprint density at radius 1 is 1.29 bits per heavy atom. The third kappa shape index (κ3) is 2.53. The molecule has 1 heteroatoms. The first-order valence-electron chi connectivity index (χ1n) is 6.77. The average molecular weight is 234 g/mol. The SMILES string of the molecule is CC(C)[C@@]1(C)CCC[C@H](c2ccccc2F)C1. The van der Waals surface area contributed by atoms with Crippen molar-refractivity contribution in [1.82, 2.24) is 0 Å². The van der Waals surface area contributed by atoms with Gasteiger partial charge in [-0.25, -0.2) is 4.39 Å². The van der Waals surface area contributed by atoms with Crippen molar-refractivity contribution in [2.45, 2.75) is 52.4 Å². The second-order valence-electron chi connectivity index (χ2n) is 6.12. The molecule has 1 saturated carbocycles. The van der Waals surface area contributed by atoms with Gasteiger partial charge in [0.2, 0.25) is 0 Å². The van der Waals surface area contributed by atoms with Crippen LogP contribution in [0.3, 0.4) is 0 Å². The monoisotopic (exact) mass is 234 g/mol. The molecule has 0 bridgehead atoms. The normalized spacial score (nSPS) is 29.6. The fourth-order valence-electron chi connectivity index (χ4n) is 3.12. The van der Waals surface area contributed by atoms with E-state index in [0.717, 1.165) is 18.4 Å². The van der Waals surface area contributed by atoms with Crippen LogP contribution in [0.25, 0.3) is 0 Å². The summed E-state index contributed by atoms with van der Waals surface area (Å²) >= 11 is 0. The lowest BCUT2D eigenvalue weighted by Gasteiger charge is -2.41. The molecule has 0 heterocycles. The quantitative estimate of drug-likeness (QED) is 0.664. The molecule has 0 amide bonds. The molecule has 1 aliphatic rings. The van der Waals surface area contributed by atoms with Crippen molar-refractivity contribution in [2.75, 3.05) is 0 Å². The highest BCUT2D eigenvalue weighted by Gasteiger charge is 2.35. The predicted molar refractivity (Wildman–Crippen MR) is 70.6 cm³/mol. The summed E-state index contributed by atoms with van der Waals surface area (Å²) in [5, 5.41) is 0. The number of rotatable bonds is 2. The summed E-state index contributed by atoms with van der Waals surface area (Å²) in [4.78, 5) is 0. The zero-order chi connectivity index (χ0) is 12.5. The van der Waals surface area contributed by atoms with E-state index in [1.165, 1.54) is 12.8 Å². The Morgan fingerprint density at radius 3 is 2.65 bits per heavy atom. The van der Waals surface area contributed by atoms with Crippen LogP contribution in [-0.2, 0) is 0 Å². The van der Waals surface area contributed by atoms with Crippen molar-refractivity contribution >= 4 is 0 Å². The molecule has 0 aromatic heterocycles. The Hall–Kier alpha value is -0.850. The van der Waals surface area contributed by atoms with Crippen molar-refractivity contribution in [1.29, 1.82) is 0 Å². The Balaban J connectivity index is 2.21. The maximum atomic E-state index is 13.8. The zero-order valence-corrected chi connectivity index (χ0v) is 11.2. The van der Waals surface area contributed by atoms with E-state index in [2.05, 4.69) is 20.8 Å². The summed E-state index contributed by atoms with van der Waals surface area (Å²) in [5.74, 6) is 1.07. The lowest BCUT2D eigenvalue weighted by atomic mass is 9.64. The summed E-state index contributed by atoms with van der Waals surface area (Å²) < 4.78 is 13.8. The van der Waals surface area contributed by atoms with Crippen LogP contribution in [-0.4, -0.2) is 0 Å². The molecule has 2 rings (SSSR count). The van der Waals surface area contributed by atoms with Crippen LogP contribution < -0.4 is 0 Å². The standard InChI is InChI=1S/C16H23F/c1-12(2)16(3)10-6-7-13(11-16)14-8-4-5-9-15(14)17/h4-5,8-9,12-13H,6-7,10-11H2,1-3H3/t13-,16-/m0/s1. The van der Waals surface area contributed by atoms with Gasteiger partial charge in [0.1, 0.15) is 5.82 Å². The molecule has 0 aliphatic heterocycles. The lowest BCUT2D eigenvalue weighted by Crippen LogP contribution is -2.30. The molecule has 17 heavy (non-hydrogen) atoms. The van der Waals surface area contributed by atoms with Crippen LogP contribution in [0.15, 0.2) is 24.3 Å². The van der Waals surface area contributed by atoms with E-state index in [1.54, 1.807) is 12.1 Å². The van der Waals surface area contributed by atoms with Gasteiger partial charge in [-0.05, 0) is 48.1 Å². The minimum Gasteiger partial charge on any atom is -0.207 e. The van der Waals surface area contributed by atoms with E-state index in [0.29, 0.717) is 17.3 Å². The molecule has 0 N–H and O–H groups in total. The van der Waals surface area contributed by atoms with Gasteiger partial charge in [-0.2, -0.15) is 0 Å². The minimum absolute atomic E-state index is 0.0227. The van der Waals surface area contributed by atoms with Gasteiger partial charge in [0.05, 0.1) is 0 Å².